The average molecular weight is 350 g/mol. The molecule has 0 heterocycles. The molecule has 2 aromatic carbocycles. The number of methoxy groups -OCH3 is 1. The van der Waals surface area contributed by atoms with E-state index in [0.29, 0.717) is 16.6 Å². The quantitative estimate of drug-likeness (QED) is 0.786. The molecule has 0 saturated carbocycles. The van der Waals surface area contributed by atoms with Gasteiger partial charge in [0.25, 0.3) is 0 Å². The third-order valence-corrected chi connectivity index (χ3v) is 3.81. The first kappa shape index (κ1) is 17.4. The van der Waals surface area contributed by atoms with Crippen LogP contribution >= 0.6 is 23.2 Å². The SMILES string of the molecule is COc1ccc(CCNC(=O)C=Cc2ccc(Cl)cc2Cl)cc1. The van der Waals surface area contributed by atoms with E-state index in [1.54, 1.807) is 31.4 Å². The first-order chi connectivity index (χ1) is 11.1. The van der Waals surface area contributed by atoms with Gasteiger partial charge in [0, 0.05) is 22.7 Å². The molecule has 0 fully saturated rings. The van der Waals surface area contributed by atoms with Gasteiger partial charge in [-0.2, -0.15) is 0 Å². The summed E-state index contributed by atoms with van der Waals surface area (Å²) >= 11 is 11.9. The van der Waals surface area contributed by atoms with Crippen molar-refractivity contribution in [2.45, 2.75) is 6.42 Å². The van der Waals surface area contributed by atoms with Crippen molar-refractivity contribution in [3.63, 3.8) is 0 Å². The highest BCUT2D eigenvalue weighted by Gasteiger charge is 2.00. The van der Waals surface area contributed by atoms with E-state index < -0.39 is 0 Å². The molecule has 0 saturated heterocycles. The van der Waals surface area contributed by atoms with E-state index in [2.05, 4.69) is 5.32 Å². The lowest BCUT2D eigenvalue weighted by Crippen LogP contribution is -2.23. The molecule has 1 N–H and O–H groups in total. The lowest BCUT2D eigenvalue weighted by molar-refractivity contribution is -0.116. The van der Waals surface area contributed by atoms with Crippen molar-refractivity contribution in [1.29, 1.82) is 0 Å². The number of benzene rings is 2. The number of hydrogen-bond donors (Lipinski definition) is 1. The molecule has 23 heavy (non-hydrogen) atoms. The smallest absolute Gasteiger partial charge is 0.244 e. The fraction of sp³-hybridized carbons (Fsp3) is 0.167. The maximum absolute atomic E-state index is 11.8. The van der Waals surface area contributed by atoms with Crippen LogP contribution in [0.3, 0.4) is 0 Å². The summed E-state index contributed by atoms with van der Waals surface area (Å²) in [5.41, 5.74) is 1.89. The van der Waals surface area contributed by atoms with Gasteiger partial charge in [-0.3, -0.25) is 4.79 Å². The summed E-state index contributed by atoms with van der Waals surface area (Å²) in [4.78, 5) is 11.8. The van der Waals surface area contributed by atoms with E-state index >= 15 is 0 Å². The molecule has 0 bridgehead atoms. The van der Waals surface area contributed by atoms with Gasteiger partial charge in [-0.05, 0) is 47.9 Å². The monoisotopic (exact) mass is 349 g/mol. The highest BCUT2D eigenvalue weighted by Crippen LogP contribution is 2.21. The standard InChI is InChI=1S/C18H17Cl2NO2/c1-23-16-7-2-13(3-8-16)10-11-21-18(22)9-5-14-4-6-15(19)12-17(14)20/h2-9,12H,10-11H2,1H3,(H,21,22). The number of halogens is 2. The highest BCUT2D eigenvalue weighted by molar-refractivity contribution is 6.35. The fourth-order valence-corrected chi connectivity index (χ4v) is 2.45. The van der Waals surface area contributed by atoms with E-state index in [0.717, 1.165) is 23.3 Å². The molecular formula is C18H17Cl2NO2. The zero-order valence-corrected chi connectivity index (χ0v) is 14.2. The van der Waals surface area contributed by atoms with Crippen LogP contribution in [0.2, 0.25) is 10.0 Å². The summed E-state index contributed by atoms with van der Waals surface area (Å²) < 4.78 is 5.10. The Bertz CT molecular complexity index is 697. The Labute approximate surface area is 145 Å². The fourth-order valence-electron chi connectivity index (χ4n) is 1.98. The minimum Gasteiger partial charge on any atom is -0.497 e. The average Bonchev–Trinajstić information content (AvgIpc) is 2.54. The van der Waals surface area contributed by atoms with Gasteiger partial charge in [0.1, 0.15) is 5.75 Å². The summed E-state index contributed by atoms with van der Waals surface area (Å²) in [6, 6.07) is 12.9. The summed E-state index contributed by atoms with van der Waals surface area (Å²) in [7, 11) is 1.63. The number of carbonyl (C=O) groups is 1. The van der Waals surface area contributed by atoms with E-state index in [1.807, 2.05) is 24.3 Å². The van der Waals surface area contributed by atoms with Crippen molar-refractivity contribution >= 4 is 35.2 Å². The molecular weight excluding hydrogens is 333 g/mol. The maximum Gasteiger partial charge on any atom is 0.244 e. The zero-order chi connectivity index (χ0) is 16.7. The van der Waals surface area contributed by atoms with Crippen molar-refractivity contribution in [3.8, 4) is 5.75 Å². The Morgan fingerprint density at radius 3 is 2.57 bits per heavy atom. The topological polar surface area (TPSA) is 38.3 Å². The second-order valence-electron chi connectivity index (χ2n) is 4.89. The Morgan fingerprint density at radius 2 is 1.91 bits per heavy atom. The van der Waals surface area contributed by atoms with Gasteiger partial charge in [0.2, 0.25) is 5.91 Å². The van der Waals surface area contributed by atoms with Crippen molar-refractivity contribution in [2.24, 2.45) is 0 Å². The number of nitrogens with one attached hydrogen (secondary N) is 1. The van der Waals surface area contributed by atoms with Crippen LogP contribution in [0.1, 0.15) is 11.1 Å². The van der Waals surface area contributed by atoms with Crippen LogP contribution in [-0.2, 0) is 11.2 Å². The third-order valence-electron chi connectivity index (χ3n) is 3.25. The summed E-state index contributed by atoms with van der Waals surface area (Å²) in [6.45, 7) is 0.559. The van der Waals surface area contributed by atoms with Crippen LogP contribution in [0, 0.1) is 0 Å². The first-order valence-electron chi connectivity index (χ1n) is 7.12. The van der Waals surface area contributed by atoms with E-state index in [9.17, 15) is 4.79 Å². The lowest BCUT2D eigenvalue weighted by Gasteiger charge is -2.04. The molecule has 1 amide bonds. The number of rotatable bonds is 6. The van der Waals surface area contributed by atoms with Gasteiger partial charge < -0.3 is 10.1 Å². The van der Waals surface area contributed by atoms with Gasteiger partial charge >= 0.3 is 0 Å². The molecule has 0 unspecified atom stereocenters. The molecule has 0 aliphatic carbocycles. The molecule has 0 aliphatic rings. The van der Waals surface area contributed by atoms with Crippen LogP contribution in [0.5, 0.6) is 5.75 Å². The van der Waals surface area contributed by atoms with Crippen molar-refractivity contribution in [2.75, 3.05) is 13.7 Å². The number of hydrogen-bond acceptors (Lipinski definition) is 2. The van der Waals surface area contributed by atoms with E-state index in [1.165, 1.54) is 6.08 Å². The molecule has 2 rings (SSSR count). The number of carbonyl (C=O) groups excluding carboxylic acids is 1. The molecule has 0 aromatic heterocycles. The molecule has 0 aliphatic heterocycles. The van der Waals surface area contributed by atoms with Gasteiger partial charge in [0.15, 0.2) is 0 Å². The Hall–Kier alpha value is -1.97. The minimum atomic E-state index is -0.162. The summed E-state index contributed by atoms with van der Waals surface area (Å²) in [5, 5.41) is 3.91. The third kappa shape index (κ3) is 5.62. The largest absolute Gasteiger partial charge is 0.497 e. The van der Waals surface area contributed by atoms with Crippen molar-refractivity contribution in [3.05, 3.63) is 69.7 Å². The van der Waals surface area contributed by atoms with Gasteiger partial charge in [0.05, 0.1) is 7.11 Å². The van der Waals surface area contributed by atoms with Crippen molar-refractivity contribution < 1.29 is 9.53 Å². The predicted octanol–water partition coefficient (Wildman–Crippen LogP) is 4.37. The molecule has 2 aromatic rings. The van der Waals surface area contributed by atoms with E-state index in [4.69, 9.17) is 27.9 Å². The molecule has 5 heteroatoms. The normalized spacial score (nSPS) is 10.7. The second-order valence-corrected chi connectivity index (χ2v) is 5.73. The number of amides is 1. The Balaban J connectivity index is 1.81. The van der Waals surface area contributed by atoms with Crippen LogP contribution in [0.25, 0.3) is 6.08 Å². The molecule has 0 spiro atoms. The molecule has 0 radical (unpaired) electrons. The van der Waals surface area contributed by atoms with Crippen molar-refractivity contribution in [1.82, 2.24) is 5.32 Å². The van der Waals surface area contributed by atoms with Crippen LogP contribution in [0.4, 0.5) is 0 Å². The first-order valence-corrected chi connectivity index (χ1v) is 7.88. The number of ether oxygens (including phenoxy) is 1. The Kier molecular flexibility index (Phi) is 6.51. The minimum absolute atomic E-state index is 0.162. The molecule has 3 nitrogen and oxygen atoms in total. The highest BCUT2D eigenvalue weighted by atomic mass is 35.5. The lowest BCUT2D eigenvalue weighted by atomic mass is 10.1. The van der Waals surface area contributed by atoms with Crippen LogP contribution in [-0.4, -0.2) is 19.6 Å². The van der Waals surface area contributed by atoms with Gasteiger partial charge in [-0.1, -0.05) is 41.4 Å². The predicted molar refractivity (Wildman–Crippen MR) is 95.2 cm³/mol. The summed E-state index contributed by atoms with van der Waals surface area (Å²) in [5.74, 6) is 0.657. The van der Waals surface area contributed by atoms with Gasteiger partial charge in [-0.25, -0.2) is 0 Å². The Morgan fingerprint density at radius 1 is 1.17 bits per heavy atom. The van der Waals surface area contributed by atoms with Crippen LogP contribution in [0.15, 0.2) is 48.5 Å². The molecule has 0 atom stereocenters. The van der Waals surface area contributed by atoms with Crippen LogP contribution < -0.4 is 10.1 Å². The summed E-state index contributed by atoms with van der Waals surface area (Å²) in [6.07, 6.45) is 3.88. The molecule has 120 valence electrons. The van der Waals surface area contributed by atoms with Gasteiger partial charge in [-0.15, -0.1) is 0 Å². The zero-order valence-electron chi connectivity index (χ0n) is 12.7. The second kappa shape index (κ2) is 8.61. The van der Waals surface area contributed by atoms with E-state index in [-0.39, 0.29) is 5.91 Å². The maximum atomic E-state index is 11.8.